The minimum absolute atomic E-state index is 0.0106. The second-order valence-corrected chi connectivity index (χ2v) is 8.16. The third-order valence-electron chi connectivity index (χ3n) is 5.74. The molecule has 0 aliphatic carbocycles. The Hall–Kier alpha value is -2.78. The van der Waals surface area contributed by atoms with Crippen LogP contribution in [0.3, 0.4) is 0 Å². The summed E-state index contributed by atoms with van der Waals surface area (Å²) in [5.41, 5.74) is 0.673. The second kappa shape index (κ2) is 8.93. The highest BCUT2D eigenvalue weighted by Crippen LogP contribution is 2.37. The third-order valence-corrected chi connectivity index (χ3v) is 5.97. The summed E-state index contributed by atoms with van der Waals surface area (Å²) in [4.78, 5) is 14.8. The van der Waals surface area contributed by atoms with Gasteiger partial charge >= 0.3 is 0 Å². The zero-order chi connectivity index (χ0) is 21.1. The van der Waals surface area contributed by atoms with Gasteiger partial charge in [-0.25, -0.2) is 4.39 Å². The molecule has 0 saturated carbocycles. The SMILES string of the molecule is N#CCc1cc(Cl)ccc1OCC(=O)N1[C@@H]2CC[C@H]1CC(Oc1ccc(F)cc1)C2. The molecule has 2 aliphatic heterocycles. The molecule has 0 aromatic heterocycles. The Morgan fingerprint density at radius 1 is 1.17 bits per heavy atom. The molecule has 1 amide bonds. The Kier molecular flexibility index (Phi) is 6.10. The minimum atomic E-state index is -0.290. The van der Waals surface area contributed by atoms with Gasteiger partial charge in [0.15, 0.2) is 6.61 Å². The van der Waals surface area contributed by atoms with E-state index < -0.39 is 0 Å². The summed E-state index contributed by atoms with van der Waals surface area (Å²) in [6.45, 7) is -0.0729. The second-order valence-electron chi connectivity index (χ2n) is 7.73. The lowest BCUT2D eigenvalue weighted by molar-refractivity contribution is -0.139. The number of rotatable bonds is 6. The molecule has 5 nitrogen and oxygen atoms in total. The molecule has 4 rings (SSSR count). The number of ether oxygens (including phenoxy) is 2. The van der Waals surface area contributed by atoms with E-state index in [-0.39, 0.29) is 42.9 Å². The normalized spacial score (nSPS) is 22.4. The number of carbonyl (C=O) groups is 1. The number of piperidine rings is 1. The van der Waals surface area contributed by atoms with Gasteiger partial charge in [-0.15, -0.1) is 0 Å². The highest BCUT2D eigenvalue weighted by molar-refractivity contribution is 6.30. The maximum Gasteiger partial charge on any atom is 0.261 e. The average Bonchev–Trinajstić information content (AvgIpc) is 3.00. The fraction of sp³-hybridized carbons (Fsp3) is 0.391. The van der Waals surface area contributed by atoms with E-state index in [4.69, 9.17) is 26.3 Å². The highest BCUT2D eigenvalue weighted by Gasteiger charge is 2.44. The van der Waals surface area contributed by atoms with E-state index in [9.17, 15) is 9.18 Å². The van der Waals surface area contributed by atoms with Gasteiger partial charge in [0, 0.05) is 35.5 Å². The molecule has 0 spiro atoms. The largest absolute Gasteiger partial charge is 0.490 e. The minimum Gasteiger partial charge on any atom is -0.490 e. The van der Waals surface area contributed by atoms with Crippen LogP contribution in [0.15, 0.2) is 42.5 Å². The molecule has 2 fully saturated rings. The van der Waals surface area contributed by atoms with Crippen LogP contribution in [0.2, 0.25) is 5.02 Å². The molecule has 2 saturated heterocycles. The summed E-state index contributed by atoms with van der Waals surface area (Å²) in [7, 11) is 0. The summed E-state index contributed by atoms with van der Waals surface area (Å²) in [6.07, 6.45) is 3.57. The van der Waals surface area contributed by atoms with Gasteiger partial charge in [-0.1, -0.05) is 11.6 Å². The van der Waals surface area contributed by atoms with Gasteiger partial charge in [0.05, 0.1) is 12.5 Å². The molecule has 1 unspecified atom stereocenters. The topological polar surface area (TPSA) is 62.6 Å². The van der Waals surface area contributed by atoms with Gasteiger partial charge in [0.25, 0.3) is 5.91 Å². The van der Waals surface area contributed by atoms with Gasteiger partial charge in [0.2, 0.25) is 0 Å². The number of benzene rings is 2. The number of hydrogen-bond acceptors (Lipinski definition) is 4. The maximum absolute atomic E-state index is 13.1. The van der Waals surface area contributed by atoms with Gasteiger partial charge in [-0.05, 0) is 55.3 Å². The summed E-state index contributed by atoms with van der Waals surface area (Å²) in [5, 5.41) is 9.51. The van der Waals surface area contributed by atoms with Crippen LogP contribution in [0.4, 0.5) is 4.39 Å². The smallest absolute Gasteiger partial charge is 0.261 e. The van der Waals surface area contributed by atoms with E-state index in [0.717, 1.165) is 25.7 Å². The third kappa shape index (κ3) is 4.52. The summed E-state index contributed by atoms with van der Waals surface area (Å²) < 4.78 is 24.9. The van der Waals surface area contributed by atoms with Crippen molar-refractivity contribution < 1.29 is 18.7 Å². The van der Waals surface area contributed by atoms with Crippen molar-refractivity contribution in [2.75, 3.05) is 6.61 Å². The molecule has 7 heteroatoms. The lowest BCUT2D eigenvalue weighted by atomic mass is 9.99. The predicted molar refractivity (Wildman–Crippen MR) is 110 cm³/mol. The first kappa shape index (κ1) is 20.5. The first-order valence-corrected chi connectivity index (χ1v) is 10.4. The number of carbonyl (C=O) groups excluding carboxylic acids is 1. The molecular weight excluding hydrogens is 407 g/mol. The highest BCUT2D eigenvalue weighted by atomic mass is 35.5. The standard InChI is InChI=1S/C23H22ClFN2O3/c24-16-1-8-22(15(11-16)9-10-26)29-14-23(28)27-18-4-5-19(27)13-21(12-18)30-20-6-2-17(25)3-7-20/h1-3,6-8,11,18-19,21H,4-5,9,12-14H2/t18-,19+,21?. The van der Waals surface area contributed by atoms with E-state index >= 15 is 0 Å². The van der Waals surface area contributed by atoms with Gasteiger partial charge in [-0.3, -0.25) is 4.79 Å². The summed E-state index contributed by atoms with van der Waals surface area (Å²) in [6, 6.07) is 13.4. The predicted octanol–water partition coefficient (Wildman–Crippen LogP) is 4.52. The Balaban J connectivity index is 1.36. The summed E-state index contributed by atoms with van der Waals surface area (Å²) >= 11 is 5.99. The lowest BCUT2D eigenvalue weighted by Crippen LogP contribution is -2.50. The van der Waals surface area contributed by atoms with E-state index in [1.54, 1.807) is 30.3 Å². The van der Waals surface area contributed by atoms with Crippen molar-refractivity contribution in [1.29, 1.82) is 5.26 Å². The van der Waals surface area contributed by atoms with Gasteiger partial charge in [-0.2, -0.15) is 5.26 Å². The Morgan fingerprint density at radius 3 is 2.53 bits per heavy atom. The van der Waals surface area contributed by atoms with Gasteiger partial charge in [0.1, 0.15) is 23.4 Å². The molecule has 2 heterocycles. The zero-order valence-electron chi connectivity index (χ0n) is 16.4. The van der Waals surface area contributed by atoms with Crippen molar-refractivity contribution in [3.8, 4) is 17.6 Å². The monoisotopic (exact) mass is 428 g/mol. The molecule has 2 aromatic carbocycles. The number of amides is 1. The van der Waals surface area contributed by atoms with Crippen molar-refractivity contribution in [1.82, 2.24) is 4.90 Å². The quantitative estimate of drug-likeness (QED) is 0.678. The van der Waals surface area contributed by atoms with Crippen LogP contribution in [0.1, 0.15) is 31.2 Å². The molecule has 0 N–H and O–H groups in total. The number of nitriles is 1. The number of halogens is 2. The van der Waals surface area contributed by atoms with Crippen LogP contribution in [0.5, 0.6) is 11.5 Å². The van der Waals surface area contributed by atoms with Crippen molar-refractivity contribution in [2.45, 2.75) is 50.3 Å². The molecule has 2 aromatic rings. The zero-order valence-corrected chi connectivity index (χ0v) is 17.1. The van der Waals surface area contributed by atoms with E-state index in [1.165, 1.54) is 12.1 Å². The van der Waals surface area contributed by atoms with E-state index in [0.29, 0.717) is 22.1 Å². The van der Waals surface area contributed by atoms with Crippen molar-refractivity contribution in [2.24, 2.45) is 0 Å². The van der Waals surface area contributed by atoms with Crippen LogP contribution in [-0.2, 0) is 11.2 Å². The van der Waals surface area contributed by atoms with Crippen LogP contribution >= 0.6 is 11.6 Å². The molecule has 2 bridgehead atoms. The van der Waals surface area contributed by atoms with Gasteiger partial charge < -0.3 is 14.4 Å². The molecule has 0 radical (unpaired) electrons. The maximum atomic E-state index is 13.1. The fourth-order valence-electron chi connectivity index (χ4n) is 4.46. The molecule has 3 atom stereocenters. The van der Waals surface area contributed by atoms with E-state index in [1.807, 2.05) is 4.90 Å². The first-order valence-electron chi connectivity index (χ1n) is 10.0. The average molecular weight is 429 g/mol. The van der Waals surface area contributed by atoms with Crippen LogP contribution in [-0.4, -0.2) is 35.6 Å². The summed E-state index contributed by atoms with van der Waals surface area (Å²) in [5.74, 6) is 0.815. The Bertz CT molecular complexity index is 946. The van der Waals surface area contributed by atoms with Crippen molar-refractivity contribution >= 4 is 17.5 Å². The molecule has 2 aliphatic rings. The van der Waals surface area contributed by atoms with Crippen LogP contribution in [0, 0.1) is 17.1 Å². The van der Waals surface area contributed by atoms with Crippen LogP contribution in [0.25, 0.3) is 0 Å². The lowest BCUT2D eigenvalue weighted by Gasteiger charge is -2.38. The molecular formula is C23H22ClFN2O3. The molecule has 30 heavy (non-hydrogen) atoms. The number of fused-ring (bicyclic) bond motifs is 2. The Morgan fingerprint density at radius 2 is 1.87 bits per heavy atom. The first-order chi connectivity index (χ1) is 14.5. The van der Waals surface area contributed by atoms with E-state index in [2.05, 4.69) is 6.07 Å². The number of nitrogens with zero attached hydrogens (tertiary/aromatic N) is 2. The molecule has 156 valence electrons. The van der Waals surface area contributed by atoms with Crippen LogP contribution < -0.4 is 9.47 Å². The van der Waals surface area contributed by atoms with Crippen molar-refractivity contribution in [3.05, 3.63) is 58.9 Å². The van der Waals surface area contributed by atoms with Crippen molar-refractivity contribution in [3.63, 3.8) is 0 Å². The Labute approximate surface area is 180 Å². The fourth-order valence-corrected chi connectivity index (χ4v) is 4.66. The number of hydrogen-bond donors (Lipinski definition) is 0.